The first-order chi connectivity index (χ1) is 3.66. The van der Waals surface area contributed by atoms with E-state index in [-0.39, 0.29) is 5.83 Å². The molecule has 0 spiro atoms. The fourth-order valence-corrected chi connectivity index (χ4v) is 0.424. The highest BCUT2D eigenvalue weighted by atomic mass is 35.5. The molecule has 0 aromatic carbocycles. The number of hydrogen-bond donors (Lipinski definition) is 0. The Balaban J connectivity index is 3.89. The fraction of sp³-hybridized carbons (Fsp3) is 0.333. The van der Waals surface area contributed by atoms with Gasteiger partial charge in [0.05, 0.1) is 5.83 Å². The van der Waals surface area contributed by atoms with E-state index in [2.05, 4.69) is 0 Å². The lowest BCUT2D eigenvalue weighted by molar-refractivity contribution is 0.640. The van der Waals surface area contributed by atoms with Gasteiger partial charge in [-0.05, 0) is 19.9 Å². The minimum absolute atomic E-state index is 0.270. The number of rotatable bonds is 1. The topological polar surface area (TPSA) is 0 Å². The molecule has 0 bridgehead atoms. The highest BCUT2D eigenvalue weighted by Gasteiger charge is 1.83. The van der Waals surface area contributed by atoms with Crippen LogP contribution >= 0.6 is 11.6 Å². The molecule has 0 aliphatic heterocycles. The van der Waals surface area contributed by atoms with Crippen molar-refractivity contribution in [2.45, 2.75) is 13.8 Å². The Morgan fingerprint density at radius 1 is 1.62 bits per heavy atom. The Kier molecular flexibility index (Phi) is 3.53. The SMILES string of the molecule is CC=C(Cl)C=C(C)F. The Hall–Kier alpha value is -0.300. The Morgan fingerprint density at radius 3 is 2.25 bits per heavy atom. The van der Waals surface area contributed by atoms with Gasteiger partial charge in [0.2, 0.25) is 0 Å². The van der Waals surface area contributed by atoms with Crippen LogP contribution in [0.1, 0.15) is 13.8 Å². The summed E-state index contributed by atoms with van der Waals surface area (Å²) in [6, 6.07) is 0. The largest absolute Gasteiger partial charge is 0.212 e. The van der Waals surface area contributed by atoms with Gasteiger partial charge in [0.15, 0.2) is 0 Å². The molecule has 0 saturated heterocycles. The van der Waals surface area contributed by atoms with Crippen molar-refractivity contribution in [3.8, 4) is 0 Å². The minimum Gasteiger partial charge on any atom is -0.212 e. The lowest BCUT2D eigenvalue weighted by Crippen LogP contribution is -1.62. The second-order valence-corrected chi connectivity index (χ2v) is 1.84. The molecule has 0 aliphatic rings. The zero-order chi connectivity index (χ0) is 6.57. The normalized spacial score (nSPS) is 14.5. The molecule has 0 heterocycles. The predicted octanol–water partition coefficient (Wildman–Crippen LogP) is 3.00. The second kappa shape index (κ2) is 3.67. The molecule has 0 aliphatic carbocycles. The van der Waals surface area contributed by atoms with E-state index in [0.29, 0.717) is 5.03 Å². The minimum atomic E-state index is -0.270. The monoisotopic (exact) mass is 134 g/mol. The third-order valence-corrected chi connectivity index (χ3v) is 0.940. The third kappa shape index (κ3) is 3.88. The summed E-state index contributed by atoms with van der Waals surface area (Å²) in [7, 11) is 0. The average molecular weight is 135 g/mol. The summed E-state index contributed by atoms with van der Waals surface area (Å²) in [6.45, 7) is 3.10. The summed E-state index contributed by atoms with van der Waals surface area (Å²) in [6.07, 6.45) is 2.90. The molecule has 0 atom stereocenters. The van der Waals surface area contributed by atoms with E-state index >= 15 is 0 Å². The molecular formula is C6H8ClF. The van der Waals surface area contributed by atoms with E-state index < -0.39 is 0 Å². The van der Waals surface area contributed by atoms with Gasteiger partial charge in [0.25, 0.3) is 0 Å². The maximum Gasteiger partial charge on any atom is 0.0983 e. The lowest BCUT2D eigenvalue weighted by atomic mass is 10.4. The molecule has 8 heavy (non-hydrogen) atoms. The zero-order valence-electron chi connectivity index (χ0n) is 4.91. The van der Waals surface area contributed by atoms with Gasteiger partial charge in [-0.25, -0.2) is 4.39 Å². The smallest absolute Gasteiger partial charge is 0.0983 e. The van der Waals surface area contributed by atoms with Crippen LogP contribution in [-0.4, -0.2) is 0 Å². The summed E-state index contributed by atoms with van der Waals surface area (Å²) >= 11 is 5.40. The van der Waals surface area contributed by atoms with E-state index in [9.17, 15) is 4.39 Å². The summed E-state index contributed by atoms with van der Waals surface area (Å²) < 4.78 is 11.9. The van der Waals surface area contributed by atoms with E-state index in [4.69, 9.17) is 11.6 Å². The molecule has 0 N–H and O–H groups in total. The van der Waals surface area contributed by atoms with Gasteiger partial charge in [-0.2, -0.15) is 0 Å². The highest BCUT2D eigenvalue weighted by molar-refractivity contribution is 6.31. The first-order valence-electron chi connectivity index (χ1n) is 2.32. The van der Waals surface area contributed by atoms with Crippen LogP contribution in [0, 0.1) is 0 Å². The van der Waals surface area contributed by atoms with Crippen LogP contribution in [0.25, 0.3) is 0 Å². The van der Waals surface area contributed by atoms with Crippen LogP contribution in [0.15, 0.2) is 23.0 Å². The van der Waals surface area contributed by atoms with Crippen LogP contribution < -0.4 is 0 Å². The predicted molar refractivity (Wildman–Crippen MR) is 34.5 cm³/mol. The van der Waals surface area contributed by atoms with Gasteiger partial charge in [0.1, 0.15) is 0 Å². The van der Waals surface area contributed by atoms with Gasteiger partial charge < -0.3 is 0 Å². The number of allylic oxidation sites excluding steroid dienone is 4. The molecule has 0 fully saturated rings. The van der Waals surface area contributed by atoms with Crippen LogP contribution in [-0.2, 0) is 0 Å². The summed E-state index contributed by atoms with van der Waals surface area (Å²) in [5.41, 5.74) is 0. The average Bonchev–Trinajstić information content (AvgIpc) is 1.65. The van der Waals surface area contributed by atoms with E-state index in [1.54, 1.807) is 13.0 Å². The molecule has 0 aromatic heterocycles. The van der Waals surface area contributed by atoms with Crippen molar-refractivity contribution in [2.75, 3.05) is 0 Å². The van der Waals surface area contributed by atoms with Crippen molar-refractivity contribution in [1.82, 2.24) is 0 Å². The van der Waals surface area contributed by atoms with Crippen molar-refractivity contribution in [2.24, 2.45) is 0 Å². The van der Waals surface area contributed by atoms with Crippen molar-refractivity contribution in [3.05, 3.63) is 23.0 Å². The number of hydrogen-bond acceptors (Lipinski definition) is 0. The third-order valence-electron chi connectivity index (χ3n) is 0.613. The number of halogens is 2. The van der Waals surface area contributed by atoms with Crippen LogP contribution in [0.2, 0.25) is 0 Å². The standard InChI is InChI=1S/C6H8ClF/c1-3-6(7)4-5(2)8/h3-4H,1-2H3. The Morgan fingerprint density at radius 2 is 2.12 bits per heavy atom. The molecule has 46 valence electrons. The van der Waals surface area contributed by atoms with Crippen molar-refractivity contribution in [3.63, 3.8) is 0 Å². The fourth-order valence-electron chi connectivity index (χ4n) is 0.273. The molecular weight excluding hydrogens is 127 g/mol. The molecule has 0 nitrogen and oxygen atoms in total. The molecule has 0 saturated carbocycles. The molecule has 0 radical (unpaired) electrons. The lowest BCUT2D eigenvalue weighted by Gasteiger charge is -1.82. The Bertz CT molecular complexity index is 120. The van der Waals surface area contributed by atoms with Crippen LogP contribution in [0.5, 0.6) is 0 Å². The van der Waals surface area contributed by atoms with Crippen LogP contribution in [0.3, 0.4) is 0 Å². The maximum atomic E-state index is 11.9. The quantitative estimate of drug-likeness (QED) is 0.484. The molecule has 0 rings (SSSR count). The van der Waals surface area contributed by atoms with Gasteiger partial charge >= 0.3 is 0 Å². The second-order valence-electron chi connectivity index (χ2n) is 1.40. The van der Waals surface area contributed by atoms with E-state index in [1.165, 1.54) is 13.0 Å². The molecule has 0 aromatic rings. The first kappa shape index (κ1) is 7.70. The van der Waals surface area contributed by atoms with Gasteiger partial charge in [0, 0.05) is 5.03 Å². The van der Waals surface area contributed by atoms with Crippen molar-refractivity contribution >= 4 is 11.6 Å². The van der Waals surface area contributed by atoms with E-state index in [1.807, 2.05) is 0 Å². The van der Waals surface area contributed by atoms with Crippen molar-refractivity contribution in [1.29, 1.82) is 0 Å². The van der Waals surface area contributed by atoms with Gasteiger partial charge in [-0.15, -0.1) is 0 Å². The molecule has 0 unspecified atom stereocenters. The first-order valence-corrected chi connectivity index (χ1v) is 2.70. The van der Waals surface area contributed by atoms with Gasteiger partial charge in [-0.1, -0.05) is 17.7 Å². The highest BCUT2D eigenvalue weighted by Crippen LogP contribution is 2.06. The molecule has 2 heteroatoms. The van der Waals surface area contributed by atoms with Gasteiger partial charge in [-0.3, -0.25) is 0 Å². The van der Waals surface area contributed by atoms with Crippen molar-refractivity contribution < 1.29 is 4.39 Å². The maximum absolute atomic E-state index is 11.9. The Labute approximate surface area is 53.7 Å². The summed E-state index contributed by atoms with van der Waals surface area (Å²) in [4.78, 5) is 0. The zero-order valence-corrected chi connectivity index (χ0v) is 5.67. The summed E-state index contributed by atoms with van der Waals surface area (Å²) in [5, 5.41) is 0.435. The van der Waals surface area contributed by atoms with Crippen LogP contribution in [0.4, 0.5) is 4.39 Å². The molecule has 0 amide bonds. The van der Waals surface area contributed by atoms with E-state index in [0.717, 1.165) is 0 Å². The summed E-state index contributed by atoms with van der Waals surface area (Å²) in [5.74, 6) is -0.270.